The number of pyridine rings is 1. The van der Waals surface area contributed by atoms with Crippen LogP contribution in [0.25, 0.3) is 11.0 Å². The Morgan fingerprint density at radius 1 is 1.17 bits per heavy atom. The number of aromatic amines is 1. The molecular formula is C16H13N7O. The predicted octanol–water partition coefficient (Wildman–Crippen LogP) is 1.85. The maximum atomic E-state index is 12.2. The van der Waals surface area contributed by atoms with Crippen LogP contribution in [0.2, 0.25) is 0 Å². The summed E-state index contributed by atoms with van der Waals surface area (Å²) in [7, 11) is 0. The second-order valence-electron chi connectivity index (χ2n) is 5.21. The van der Waals surface area contributed by atoms with E-state index in [4.69, 9.17) is 0 Å². The molecule has 8 heteroatoms. The van der Waals surface area contributed by atoms with E-state index in [1.165, 1.54) is 12.5 Å². The van der Waals surface area contributed by atoms with Crippen molar-refractivity contribution in [3.63, 3.8) is 0 Å². The van der Waals surface area contributed by atoms with Crippen molar-refractivity contribution in [2.24, 2.45) is 0 Å². The number of carbonyl (C=O) groups is 1. The summed E-state index contributed by atoms with van der Waals surface area (Å²) in [6.07, 6.45) is 4.55. The van der Waals surface area contributed by atoms with Gasteiger partial charge in [-0.15, -0.1) is 0 Å². The fraction of sp³-hybridized carbons (Fsp3) is 0.0625. The number of benzene rings is 1. The van der Waals surface area contributed by atoms with Crippen molar-refractivity contribution in [3.8, 4) is 0 Å². The molecule has 1 amide bonds. The summed E-state index contributed by atoms with van der Waals surface area (Å²) in [6, 6.07) is 11.8. The van der Waals surface area contributed by atoms with Crippen molar-refractivity contribution in [2.75, 3.05) is 5.32 Å². The molecule has 0 unspecified atom stereocenters. The Labute approximate surface area is 136 Å². The molecule has 24 heavy (non-hydrogen) atoms. The van der Waals surface area contributed by atoms with Crippen LogP contribution in [0.4, 0.5) is 5.95 Å². The van der Waals surface area contributed by atoms with Gasteiger partial charge in [0.15, 0.2) is 5.65 Å². The Morgan fingerprint density at radius 2 is 2.04 bits per heavy atom. The lowest BCUT2D eigenvalue weighted by Crippen LogP contribution is -2.13. The standard InChI is InChI=1S/C16H13N7O/c24-15(21-16-18-10-19-22-16)13-6-12-8-20-23(14(12)17-7-13)9-11-4-2-1-3-5-11/h1-8,10H,9H2,(H2,18,19,21,22,24). The van der Waals surface area contributed by atoms with Crippen LogP contribution in [-0.4, -0.2) is 35.9 Å². The molecule has 0 aliphatic rings. The third-order valence-electron chi connectivity index (χ3n) is 3.56. The number of aromatic nitrogens is 6. The smallest absolute Gasteiger partial charge is 0.259 e. The summed E-state index contributed by atoms with van der Waals surface area (Å²) in [5, 5.41) is 14.0. The number of nitrogens with one attached hydrogen (secondary N) is 2. The average molecular weight is 319 g/mol. The number of carbonyl (C=O) groups excluding carboxylic acids is 1. The maximum absolute atomic E-state index is 12.2. The molecule has 2 N–H and O–H groups in total. The summed E-state index contributed by atoms with van der Waals surface area (Å²) in [4.78, 5) is 20.4. The molecule has 118 valence electrons. The van der Waals surface area contributed by atoms with E-state index in [-0.39, 0.29) is 5.91 Å². The molecule has 0 bridgehead atoms. The maximum Gasteiger partial charge on any atom is 0.259 e. The van der Waals surface area contributed by atoms with Gasteiger partial charge in [-0.2, -0.15) is 15.2 Å². The Bertz CT molecular complexity index is 976. The third kappa shape index (κ3) is 2.72. The number of nitrogens with zero attached hydrogens (tertiary/aromatic N) is 5. The summed E-state index contributed by atoms with van der Waals surface area (Å²) >= 11 is 0. The van der Waals surface area contributed by atoms with E-state index >= 15 is 0 Å². The normalized spacial score (nSPS) is 10.8. The highest BCUT2D eigenvalue weighted by Crippen LogP contribution is 2.15. The topological polar surface area (TPSA) is 101 Å². The minimum absolute atomic E-state index is 0.292. The molecule has 0 atom stereocenters. The first kappa shape index (κ1) is 14.1. The molecule has 0 aliphatic carbocycles. The van der Waals surface area contributed by atoms with Crippen LogP contribution in [-0.2, 0) is 6.54 Å². The highest BCUT2D eigenvalue weighted by Gasteiger charge is 2.11. The van der Waals surface area contributed by atoms with Crippen molar-refractivity contribution in [3.05, 3.63) is 66.2 Å². The minimum atomic E-state index is -0.308. The minimum Gasteiger partial charge on any atom is -0.291 e. The zero-order valence-electron chi connectivity index (χ0n) is 12.5. The molecule has 0 fully saturated rings. The van der Waals surface area contributed by atoms with E-state index in [9.17, 15) is 4.79 Å². The fourth-order valence-electron chi connectivity index (χ4n) is 2.41. The van der Waals surface area contributed by atoms with Crippen molar-refractivity contribution < 1.29 is 4.79 Å². The van der Waals surface area contributed by atoms with Crippen LogP contribution in [0.1, 0.15) is 15.9 Å². The monoisotopic (exact) mass is 319 g/mol. The first-order valence-electron chi connectivity index (χ1n) is 7.32. The van der Waals surface area contributed by atoms with Gasteiger partial charge < -0.3 is 0 Å². The number of amides is 1. The largest absolute Gasteiger partial charge is 0.291 e. The predicted molar refractivity (Wildman–Crippen MR) is 87.4 cm³/mol. The molecule has 1 aromatic carbocycles. The molecule has 0 aliphatic heterocycles. The van der Waals surface area contributed by atoms with Crippen molar-refractivity contribution in [1.29, 1.82) is 0 Å². The van der Waals surface area contributed by atoms with Crippen LogP contribution in [0.3, 0.4) is 0 Å². The highest BCUT2D eigenvalue weighted by atomic mass is 16.1. The number of fused-ring (bicyclic) bond motifs is 1. The first-order chi connectivity index (χ1) is 11.8. The number of rotatable bonds is 4. The average Bonchev–Trinajstić information content (AvgIpc) is 3.25. The van der Waals surface area contributed by atoms with E-state index in [2.05, 4.69) is 30.6 Å². The lowest BCUT2D eigenvalue weighted by Gasteiger charge is -2.04. The van der Waals surface area contributed by atoms with Gasteiger partial charge in [-0.3, -0.25) is 10.1 Å². The molecule has 4 aromatic rings. The number of anilines is 1. The Morgan fingerprint density at radius 3 is 2.83 bits per heavy atom. The molecule has 4 rings (SSSR count). The van der Waals surface area contributed by atoms with Crippen LogP contribution in [0.5, 0.6) is 0 Å². The Hall–Kier alpha value is -3.55. The second-order valence-corrected chi connectivity index (χ2v) is 5.21. The molecule has 0 saturated carbocycles. The summed E-state index contributed by atoms with van der Waals surface area (Å²) in [6.45, 7) is 0.626. The van der Waals surface area contributed by atoms with Gasteiger partial charge >= 0.3 is 0 Å². The van der Waals surface area contributed by atoms with Crippen molar-refractivity contribution in [2.45, 2.75) is 6.54 Å². The number of hydrogen-bond donors (Lipinski definition) is 2. The van der Waals surface area contributed by atoms with Gasteiger partial charge in [-0.25, -0.2) is 14.8 Å². The Kier molecular flexibility index (Phi) is 3.47. The van der Waals surface area contributed by atoms with Crippen LogP contribution in [0.15, 0.2) is 55.1 Å². The lowest BCUT2D eigenvalue weighted by atomic mass is 10.2. The van der Waals surface area contributed by atoms with Crippen molar-refractivity contribution in [1.82, 2.24) is 29.9 Å². The quantitative estimate of drug-likeness (QED) is 0.598. The van der Waals surface area contributed by atoms with E-state index in [0.29, 0.717) is 18.1 Å². The van der Waals surface area contributed by atoms with E-state index in [1.54, 1.807) is 12.3 Å². The third-order valence-corrected chi connectivity index (χ3v) is 3.56. The van der Waals surface area contributed by atoms with Gasteiger partial charge in [0.2, 0.25) is 5.95 Å². The van der Waals surface area contributed by atoms with E-state index in [0.717, 1.165) is 16.6 Å². The first-order valence-corrected chi connectivity index (χ1v) is 7.32. The lowest BCUT2D eigenvalue weighted by molar-refractivity contribution is 0.102. The Balaban J connectivity index is 1.59. The molecular weight excluding hydrogens is 306 g/mol. The second kappa shape index (κ2) is 5.92. The van der Waals surface area contributed by atoms with Gasteiger partial charge in [0.25, 0.3) is 5.91 Å². The zero-order valence-corrected chi connectivity index (χ0v) is 12.5. The van der Waals surface area contributed by atoms with Crippen LogP contribution in [0, 0.1) is 0 Å². The highest BCUT2D eigenvalue weighted by molar-refractivity contribution is 6.04. The molecule has 3 aromatic heterocycles. The van der Waals surface area contributed by atoms with E-state index < -0.39 is 0 Å². The number of H-pyrrole nitrogens is 1. The SMILES string of the molecule is O=C(Nc1ncn[nH]1)c1cnc2c(cnn2Cc2ccccc2)c1. The van der Waals surface area contributed by atoms with Crippen molar-refractivity contribution >= 4 is 22.9 Å². The molecule has 3 heterocycles. The van der Waals surface area contributed by atoms with Crippen LogP contribution < -0.4 is 5.32 Å². The van der Waals surface area contributed by atoms with Gasteiger partial charge in [-0.1, -0.05) is 30.3 Å². The van der Waals surface area contributed by atoms with Gasteiger partial charge in [-0.05, 0) is 11.6 Å². The van der Waals surface area contributed by atoms with Crippen LogP contribution >= 0.6 is 0 Å². The number of hydrogen-bond acceptors (Lipinski definition) is 5. The van der Waals surface area contributed by atoms with Gasteiger partial charge in [0, 0.05) is 11.6 Å². The molecule has 0 saturated heterocycles. The summed E-state index contributed by atoms with van der Waals surface area (Å²) in [5.74, 6) is -0.0168. The van der Waals surface area contributed by atoms with Gasteiger partial charge in [0.1, 0.15) is 6.33 Å². The van der Waals surface area contributed by atoms with E-state index in [1.807, 2.05) is 35.0 Å². The fourth-order valence-corrected chi connectivity index (χ4v) is 2.41. The molecule has 0 spiro atoms. The zero-order chi connectivity index (χ0) is 16.4. The molecule has 8 nitrogen and oxygen atoms in total. The molecule has 0 radical (unpaired) electrons. The summed E-state index contributed by atoms with van der Waals surface area (Å²) < 4.78 is 1.81. The van der Waals surface area contributed by atoms with Gasteiger partial charge in [0.05, 0.1) is 18.3 Å². The summed E-state index contributed by atoms with van der Waals surface area (Å²) in [5.41, 5.74) is 2.30.